The zero-order valence-corrected chi connectivity index (χ0v) is 12.5. The summed E-state index contributed by atoms with van der Waals surface area (Å²) in [4.78, 5) is 11.7. The fourth-order valence-corrected chi connectivity index (χ4v) is 3.58. The molecule has 1 atom stereocenters. The number of thioether (sulfide) groups is 1. The Bertz CT molecular complexity index is 699. The van der Waals surface area contributed by atoms with Crippen molar-refractivity contribution in [2.45, 2.75) is 11.7 Å². The van der Waals surface area contributed by atoms with E-state index in [9.17, 15) is 4.79 Å². The topological polar surface area (TPSA) is 38.3 Å². The lowest BCUT2D eigenvalue weighted by Crippen LogP contribution is -2.25. The molecular weight excluding hydrogens is 290 g/mol. The maximum absolute atomic E-state index is 11.7. The number of carbonyl (C=O) groups excluding carboxylic acids is 1. The molecule has 5 heteroatoms. The third kappa shape index (κ3) is 2.64. The molecule has 3 rings (SSSR count). The van der Waals surface area contributed by atoms with Gasteiger partial charge in [-0.05, 0) is 34.9 Å². The molecule has 1 N–H and O–H groups in total. The summed E-state index contributed by atoms with van der Waals surface area (Å²) in [6, 6.07) is 12.2. The first-order valence-electron chi connectivity index (χ1n) is 6.24. The van der Waals surface area contributed by atoms with E-state index in [1.807, 2.05) is 18.2 Å². The van der Waals surface area contributed by atoms with Crippen LogP contribution < -0.4 is 10.1 Å². The predicted molar refractivity (Wildman–Crippen MR) is 86.3 cm³/mol. The summed E-state index contributed by atoms with van der Waals surface area (Å²) in [6.45, 7) is 0. The van der Waals surface area contributed by atoms with Crippen molar-refractivity contribution in [2.75, 3.05) is 7.11 Å². The number of amides is 1. The van der Waals surface area contributed by atoms with Crippen molar-refractivity contribution in [3.63, 3.8) is 0 Å². The second-order valence-electron chi connectivity index (χ2n) is 4.63. The Morgan fingerprint density at radius 1 is 1.25 bits per heavy atom. The summed E-state index contributed by atoms with van der Waals surface area (Å²) < 4.78 is 5.79. The number of ether oxygens (including phenoxy) is 1. The molecule has 20 heavy (non-hydrogen) atoms. The van der Waals surface area contributed by atoms with Crippen molar-refractivity contribution in [3.05, 3.63) is 42.0 Å². The average Bonchev–Trinajstić information content (AvgIpc) is 2.76. The lowest BCUT2D eigenvalue weighted by atomic mass is 10.0. The zero-order valence-electron chi connectivity index (χ0n) is 10.9. The molecule has 1 fully saturated rings. The minimum atomic E-state index is -0.113. The normalized spacial score (nSPS) is 18.4. The molecule has 0 aliphatic carbocycles. The molecule has 1 aliphatic rings. The highest BCUT2D eigenvalue weighted by Gasteiger charge is 2.28. The highest BCUT2D eigenvalue weighted by atomic mass is 32.2. The Hall–Kier alpha value is -1.59. The second-order valence-corrected chi connectivity index (χ2v) is 6.51. The number of thiocarbonyl (C=S) groups is 1. The van der Waals surface area contributed by atoms with Crippen LogP contribution in [0.2, 0.25) is 0 Å². The van der Waals surface area contributed by atoms with E-state index in [4.69, 9.17) is 17.0 Å². The first-order valence-corrected chi connectivity index (χ1v) is 7.52. The number of rotatable bonds is 3. The maximum atomic E-state index is 11.7. The SMILES string of the molecule is COc1ccc2cc(CC3SC(=S)NC3=O)ccc2c1. The van der Waals surface area contributed by atoms with Gasteiger partial charge in [0.25, 0.3) is 0 Å². The molecule has 0 bridgehead atoms. The molecule has 1 heterocycles. The molecule has 2 aromatic carbocycles. The van der Waals surface area contributed by atoms with Gasteiger partial charge < -0.3 is 10.1 Å². The van der Waals surface area contributed by atoms with Gasteiger partial charge in [-0.1, -0.05) is 48.2 Å². The lowest BCUT2D eigenvalue weighted by Gasteiger charge is -2.08. The smallest absolute Gasteiger partial charge is 0.239 e. The fraction of sp³-hybridized carbons (Fsp3) is 0.200. The minimum Gasteiger partial charge on any atom is -0.497 e. The Morgan fingerprint density at radius 2 is 2.00 bits per heavy atom. The number of carbonyl (C=O) groups is 1. The van der Waals surface area contributed by atoms with Crippen molar-refractivity contribution >= 4 is 45.0 Å². The molecule has 0 radical (unpaired) electrons. The van der Waals surface area contributed by atoms with Crippen molar-refractivity contribution in [1.29, 1.82) is 0 Å². The van der Waals surface area contributed by atoms with Gasteiger partial charge in [-0.3, -0.25) is 4.79 Å². The molecule has 1 amide bonds. The van der Waals surface area contributed by atoms with Gasteiger partial charge in [-0.25, -0.2) is 0 Å². The first-order chi connectivity index (χ1) is 9.65. The fourth-order valence-electron chi connectivity index (χ4n) is 2.27. The van der Waals surface area contributed by atoms with E-state index in [0.717, 1.165) is 22.1 Å². The summed E-state index contributed by atoms with van der Waals surface area (Å²) in [5, 5.41) is 4.84. The van der Waals surface area contributed by atoms with Crippen molar-refractivity contribution in [2.24, 2.45) is 0 Å². The van der Waals surface area contributed by atoms with Crippen molar-refractivity contribution in [3.8, 4) is 5.75 Å². The molecule has 1 saturated heterocycles. The molecule has 1 unspecified atom stereocenters. The molecule has 0 aromatic heterocycles. The Labute approximate surface area is 126 Å². The third-order valence-corrected chi connectivity index (χ3v) is 4.67. The van der Waals surface area contributed by atoms with E-state index >= 15 is 0 Å². The van der Waals surface area contributed by atoms with Crippen molar-refractivity contribution in [1.82, 2.24) is 5.32 Å². The summed E-state index contributed by atoms with van der Waals surface area (Å²) in [7, 11) is 1.66. The quantitative estimate of drug-likeness (QED) is 0.885. The van der Waals surface area contributed by atoms with Crippen LogP contribution in [0.3, 0.4) is 0 Å². The van der Waals surface area contributed by atoms with Gasteiger partial charge in [0.2, 0.25) is 5.91 Å². The number of hydrogen-bond acceptors (Lipinski definition) is 4. The predicted octanol–water partition coefficient (Wildman–Crippen LogP) is 2.91. The summed E-state index contributed by atoms with van der Waals surface area (Å²) >= 11 is 6.44. The number of fused-ring (bicyclic) bond motifs is 1. The van der Waals surface area contributed by atoms with Crippen LogP contribution in [-0.2, 0) is 11.2 Å². The van der Waals surface area contributed by atoms with Crippen LogP contribution in [0.25, 0.3) is 10.8 Å². The maximum Gasteiger partial charge on any atom is 0.239 e. The monoisotopic (exact) mass is 303 g/mol. The van der Waals surface area contributed by atoms with E-state index in [1.54, 1.807) is 7.11 Å². The molecule has 1 aliphatic heterocycles. The summed E-state index contributed by atoms with van der Waals surface area (Å²) in [5.74, 6) is 0.858. The zero-order chi connectivity index (χ0) is 14.1. The van der Waals surface area contributed by atoms with Gasteiger partial charge in [0.05, 0.1) is 12.4 Å². The van der Waals surface area contributed by atoms with Crippen LogP contribution in [0.4, 0.5) is 0 Å². The Balaban J connectivity index is 1.86. The van der Waals surface area contributed by atoms with Crippen molar-refractivity contribution < 1.29 is 9.53 Å². The molecule has 102 valence electrons. The van der Waals surface area contributed by atoms with Crippen LogP contribution >= 0.6 is 24.0 Å². The number of benzene rings is 2. The minimum absolute atomic E-state index is 0.00910. The molecule has 0 saturated carbocycles. The van der Waals surface area contributed by atoms with Gasteiger partial charge >= 0.3 is 0 Å². The highest BCUT2D eigenvalue weighted by molar-refractivity contribution is 8.24. The summed E-state index contributed by atoms with van der Waals surface area (Å²) in [6.07, 6.45) is 0.693. The van der Waals surface area contributed by atoms with Gasteiger partial charge in [0, 0.05) is 0 Å². The largest absolute Gasteiger partial charge is 0.497 e. The summed E-state index contributed by atoms with van der Waals surface area (Å²) in [5.41, 5.74) is 1.14. The molecule has 3 nitrogen and oxygen atoms in total. The van der Waals surface area contributed by atoms with Crippen LogP contribution in [0, 0.1) is 0 Å². The standard InChI is InChI=1S/C15H13NO2S2/c1-18-12-5-4-10-6-9(2-3-11(10)8-12)7-13-14(17)16-15(19)20-13/h2-6,8,13H,7H2,1H3,(H,16,17,19). The van der Waals surface area contributed by atoms with Gasteiger partial charge in [-0.2, -0.15) is 0 Å². The number of methoxy groups -OCH3 is 1. The Morgan fingerprint density at radius 3 is 2.70 bits per heavy atom. The third-order valence-electron chi connectivity index (χ3n) is 3.30. The second kappa shape index (κ2) is 5.42. The van der Waals surface area contributed by atoms with Gasteiger partial charge in [0.15, 0.2) is 0 Å². The van der Waals surface area contributed by atoms with Crippen LogP contribution in [0.15, 0.2) is 36.4 Å². The van der Waals surface area contributed by atoms with E-state index in [0.29, 0.717) is 10.7 Å². The molecule has 2 aromatic rings. The Kier molecular flexibility index (Phi) is 3.63. The lowest BCUT2D eigenvalue weighted by molar-refractivity contribution is -0.118. The van der Waals surface area contributed by atoms with Gasteiger partial charge in [-0.15, -0.1) is 0 Å². The van der Waals surface area contributed by atoms with Crippen LogP contribution in [-0.4, -0.2) is 22.6 Å². The van der Waals surface area contributed by atoms with E-state index in [-0.39, 0.29) is 11.2 Å². The average molecular weight is 303 g/mol. The van der Waals surface area contributed by atoms with E-state index < -0.39 is 0 Å². The van der Waals surface area contributed by atoms with Crippen LogP contribution in [0.1, 0.15) is 5.56 Å². The van der Waals surface area contributed by atoms with E-state index in [2.05, 4.69) is 23.5 Å². The molecule has 0 spiro atoms. The van der Waals surface area contributed by atoms with Gasteiger partial charge in [0.1, 0.15) is 10.1 Å². The van der Waals surface area contributed by atoms with Crippen LogP contribution in [0.5, 0.6) is 5.75 Å². The first kappa shape index (κ1) is 13.4. The highest BCUT2D eigenvalue weighted by Crippen LogP contribution is 2.26. The number of nitrogens with one attached hydrogen (secondary N) is 1. The van der Waals surface area contributed by atoms with E-state index in [1.165, 1.54) is 11.8 Å². The number of hydrogen-bond donors (Lipinski definition) is 1. The molecular formula is C15H13NO2S2.